The zero-order valence-corrected chi connectivity index (χ0v) is 20.8. The fourth-order valence-electron chi connectivity index (χ4n) is 3.13. The van der Waals surface area contributed by atoms with Crippen LogP contribution in [0.3, 0.4) is 0 Å². The van der Waals surface area contributed by atoms with Crippen LogP contribution in [-0.4, -0.2) is 43.3 Å². The first kappa shape index (κ1) is 30.8. The number of hydrogen-bond donors (Lipinski definition) is 1. The van der Waals surface area contributed by atoms with Crippen LogP contribution in [-0.2, 0) is 19.0 Å². The summed E-state index contributed by atoms with van der Waals surface area (Å²) in [6, 6.07) is 0. The van der Waals surface area contributed by atoms with Crippen molar-refractivity contribution < 1.29 is 24.1 Å². The highest BCUT2D eigenvalue weighted by Gasteiger charge is 2.13. The van der Waals surface area contributed by atoms with E-state index in [1.165, 1.54) is 0 Å². The number of hydrogen-bond acceptors (Lipinski definition) is 5. The molecule has 1 atom stereocenters. The van der Waals surface area contributed by atoms with Gasteiger partial charge in [-0.15, -0.1) is 0 Å². The molecule has 0 aliphatic heterocycles. The lowest BCUT2D eigenvalue weighted by molar-refractivity contribution is -0.159. The highest BCUT2D eigenvalue weighted by atomic mass is 16.7. The quantitative estimate of drug-likeness (QED) is 0.0807. The SMILES string of the molecule is [CH2]CCC(O)CCCOC(=O)CCC(OCCCC/C=C\CC)OCCCC/C=C\CC. The summed E-state index contributed by atoms with van der Waals surface area (Å²) in [5, 5.41) is 9.70. The molecule has 0 aromatic heterocycles. The van der Waals surface area contributed by atoms with Gasteiger partial charge in [0.25, 0.3) is 0 Å². The summed E-state index contributed by atoms with van der Waals surface area (Å²) < 4.78 is 17.1. The van der Waals surface area contributed by atoms with Crippen molar-refractivity contribution >= 4 is 5.97 Å². The molecule has 0 aliphatic carbocycles. The predicted molar refractivity (Wildman–Crippen MR) is 132 cm³/mol. The maximum Gasteiger partial charge on any atom is 0.305 e. The van der Waals surface area contributed by atoms with Crippen molar-refractivity contribution in [3.63, 3.8) is 0 Å². The predicted octanol–water partition coefficient (Wildman–Crippen LogP) is 6.70. The average molecular weight is 454 g/mol. The Morgan fingerprint density at radius 1 is 0.812 bits per heavy atom. The molecular formula is C27H49O5. The number of aliphatic hydroxyl groups excluding tert-OH is 1. The fourth-order valence-corrected chi connectivity index (χ4v) is 3.13. The summed E-state index contributed by atoms with van der Waals surface area (Å²) >= 11 is 0. The Bertz CT molecular complexity index is 437. The first-order chi connectivity index (χ1) is 15.6. The third-order valence-corrected chi connectivity index (χ3v) is 5.01. The molecule has 0 fully saturated rings. The minimum atomic E-state index is -0.362. The van der Waals surface area contributed by atoms with Crippen LogP contribution in [0.5, 0.6) is 0 Å². The van der Waals surface area contributed by atoms with E-state index < -0.39 is 0 Å². The highest BCUT2D eigenvalue weighted by Crippen LogP contribution is 2.11. The minimum Gasteiger partial charge on any atom is -0.466 e. The second-order valence-electron chi connectivity index (χ2n) is 8.12. The monoisotopic (exact) mass is 453 g/mol. The third kappa shape index (κ3) is 22.0. The van der Waals surface area contributed by atoms with E-state index in [4.69, 9.17) is 14.2 Å². The Labute approximate surface area is 197 Å². The lowest BCUT2D eigenvalue weighted by atomic mass is 10.1. The van der Waals surface area contributed by atoms with Crippen molar-refractivity contribution in [1.82, 2.24) is 0 Å². The Kier molecular flexibility index (Phi) is 23.6. The maximum atomic E-state index is 12.1. The lowest BCUT2D eigenvalue weighted by Gasteiger charge is -2.18. The van der Waals surface area contributed by atoms with Crippen LogP contribution in [0.4, 0.5) is 0 Å². The molecule has 32 heavy (non-hydrogen) atoms. The van der Waals surface area contributed by atoms with Gasteiger partial charge in [0.05, 0.1) is 19.1 Å². The van der Waals surface area contributed by atoms with Crippen molar-refractivity contribution in [2.75, 3.05) is 19.8 Å². The normalized spacial score (nSPS) is 12.9. The maximum absolute atomic E-state index is 12.1. The van der Waals surface area contributed by atoms with Gasteiger partial charge in [-0.1, -0.05) is 51.5 Å². The van der Waals surface area contributed by atoms with Crippen LogP contribution in [0.25, 0.3) is 0 Å². The molecule has 0 rings (SSSR count). The van der Waals surface area contributed by atoms with Gasteiger partial charge in [0.2, 0.25) is 0 Å². The summed E-state index contributed by atoms with van der Waals surface area (Å²) in [5.74, 6) is -0.233. The van der Waals surface area contributed by atoms with Crippen LogP contribution >= 0.6 is 0 Å². The standard InChI is InChI=1S/C27H49O5/c1-4-7-9-11-13-15-22-31-27(32-23-16-14-12-10-8-5-2)21-20-26(29)30-24-17-19-25(28)18-6-3/h7-10,25,27-28H,3-6,11-24H2,1-2H3/b9-7-,10-8-. The minimum absolute atomic E-state index is 0.233. The second-order valence-corrected chi connectivity index (χ2v) is 8.12. The van der Waals surface area contributed by atoms with E-state index in [0.717, 1.165) is 51.4 Å². The molecule has 187 valence electrons. The van der Waals surface area contributed by atoms with Gasteiger partial charge in [-0.25, -0.2) is 0 Å². The van der Waals surface area contributed by atoms with Crippen LogP contribution < -0.4 is 0 Å². The van der Waals surface area contributed by atoms with Crippen molar-refractivity contribution in [2.45, 2.75) is 116 Å². The molecular weight excluding hydrogens is 404 g/mol. The smallest absolute Gasteiger partial charge is 0.305 e. The Hall–Kier alpha value is -1.17. The molecule has 0 bridgehead atoms. The molecule has 5 heteroatoms. The molecule has 0 aliphatic rings. The van der Waals surface area contributed by atoms with Gasteiger partial charge in [0.15, 0.2) is 6.29 Å². The first-order valence-electron chi connectivity index (χ1n) is 12.8. The topological polar surface area (TPSA) is 65.0 Å². The van der Waals surface area contributed by atoms with E-state index in [1.807, 2.05) is 0 Å². The number of carbonyl (C=O) groups excluding carboxylic acids is 1. The highest BCUT2D eigenvalue weighted by molar-refractivity contribution is 5.69. The largest absolute Gasteiger partial charge is 0.466 e. The van der Waals surface area contributed by atoms with Crippen molar-refractivity contribution in [3.05, 3.63) is 31.2 Å². The van der Waals surface area contributed by atoms with Crippen LogP contribution in [0, 0.1) is 6.92 Å². The van der Waals surface area contributed by atoms with Gasteiger partial charge in [-0.2, -0.15) is 0 Å². The molecule has 0 aromatic rings. The molecule has 0 saturated heterocycles. The summed E-state index contributed by atoms with van der Waals surface area (Å²) in [6.45, 7) is 9.64. The Morgan fingerprint density at radius 3 is 1.94 bits per heavy atom. The van der Waals surface area contributed by atoms with Crippen LogP contribution in [0.2, 0.25) is 0 Å². The second kappa shape index (κ2) is 24.5. The summed E-state index contributed by atoms with van der Waals surface area (Å²) in [5.41, 5.74) is 0. The van der Waals surface area contributed by atoms with Crippen molar-refractivity contribution in [1.29, 1.82) is 0 Å². The van der Waals surface area contributed by atoms with Gasteiger partial charge in [0, 0.05) is 19.6 Å². The number of esters is 1. The molecule has 1 radical (unpaired) electrons. The van der Waals surface area contributed by atoms with E-state index >= 15 is 0 Å². The summed E-state index contributed by atoms with van der Waals surface area (Å²) in [7, 11) is 0. The van der Waals surface area contributed by atoms with Crippen molar-refractivity contribution in [3.8, 4) is 0 Å². The molecule has 0 spiro atoms. The van der Waals surface area contributed by atoms with Gasteiger partial charge in [-0.3, -0.25) is 4.79 Å². The lowest BCUT2D eigenvalue weighted by Crippen LogP contribution is -2.21. The third-order valence-electron chi connectivity index (χ3n) is 5.01. The number of carbonyl (C=O) groups is 1. The molecule has 5 nitrogen and oxygen atoms in total. The van der Waals surface area contributed by atoms with Crippen LogP contribution in [0.15, 0.2) is 24.3 Å². The van der Waals surface area contributed by atoms with Crippen LogP contribution in [0.1, 0.15) is 104 Å². The summed E-state index contributed by atoms with van der Waals surface area (Å²) in [6.07, 6.45) is 20.0. The Morgan fingerprint density at radius 2 is 1.41 bits per heavy atom. The molecule has 0 saturated carbocycles. The fraction of sp³-hybridized carbons (Fsp3) is 0.778. The molecule has 0 heterocycles. The number of unbranched alkanes of at least 4 members (excludes halogenated alkanes) is 4. The number of ether oxygens (including phenoxy) is 3. The molecule has 1 unspecified atom stereocenters. The Balaban J connectivity index is 4.13. The molecule has 0 aromatic carbocycles. The number of aliphatic hydroxyl groups is 1. The zero-order valence-electron chi connectivity index (χ0n) is 20.8. The van der Waals surface area contributed by atoms with Gasteiger partial charge < -0.3 is 19.3 Å². The molecule has 1 N–H and O–H groups in total. The zero-order chi connectivity index (χ0) is 23.7. The summed E-state index contributed by atoms with van der Waals surface area (Å²) in [4.78, 5) is 12.1. The van der Waals surface area contributed by atoms with E-state index in [0.29, 0.717) is 51.9 Å². The van der Waals surface area contributed by atoms with Gasteiger partial charge in [-0.05, 0) is 70.6 Å². The first-order valence-corrected chi connectivity index (χ1v) is 12.8. The average Bonchev–Trinajstić information content (AvgIpc) is 2.78. The van der Waals surface area contributed by atoms with E-state index in [2.05, 4.69) is 45.1 Å². The van der Waals surface area contributed by atoms with E-state index in [-0.39, 0.29) is 24.8 Å². The van der Waals surface area contributed by atoms with Gasteiger partial charge in [0.1, 0.15) is 0 Å². The van der Waals surface area contributed by atoms with Crippen molar-refractivity contribution in [2.24, 2.45) is 0 Å². The van der Waals surface area contributed by atoms with E-state index in [1.54, 1.807) is 0 Å². The number of rotatable bonds is 23. The van der Waals surface area contributed by atoms with Gasteiger partial charge >= 0.3 is 5.97 Å². The van der Waals surface area contributed by atoms with E-state index in [9.17, 15) is 9.90 Å². The number of allylic oxidation sites excluding steroid dienone is 4. The molecule has 0 amide bonds.